The summed E-state index contributed by atoms with van der Waals surface area (Å²) in [7, 11) is 1.36. The topological polar surface area (TPSA) is 54.0 Å². The zero-order valence-electron chi connectivity index (χ0n) is 12.2. The van der Waals surface area contributed by atoms with Gasteiger partial charge in [0.1, 0.15) is 25.6 Å². The molecule has 0 unspecified atom stereocenters. The Morgan fingerprint density at radius 1 is 1.05 bits per heavy atom. The van der Waals surface area contributed by atoms with Gasteiger partial charge in [0.2, 0.25) is 0 Å². The van der Waals surface area contributed by atoms with Crippen LogP contribution in [-0.4, -0.2) is 26.3 Å². The molecule has 0 amide bonds. The van der Waals surface area contributed by atoms with E-state index in [1.165, 1.54) is 7.11 Å². The summed E-state index contributed by atoms with van der Waals surface area (Å²) >= 11 is 0. The average molecular weight is 300 g/mol. The first-order valence-electron chi connectivity index (χ1n) is 6.96. The molecular weight excluding hydrogens is 284 g/mol. The van der Waals surface area contributed by atoms with E-state index < -0.39 is 0 Å². The number of fused-ring (bicyclic) bond motifs is 1. The molecule has 114 valence electrons. The highest BCUT2D eigenvalue weighted by Gasteiger charge is 2.12. The Morgan fingerprint density at radius 2 is 1.77 bits per heavy atom. The maximum Gasteiger partial charge on any atom is 0.337 e. The summed E-state index contributed by atoms with van der Waals surface area (Å²) in [5.41, 5.74) is 1.48. The van der Waals surface area contributed by atoms with E-state index >= 15 is 0 Å². The summed E-state index contributed by atoms with van der Waals surface area (Å²) in [5, 5.41) is 0. The predicted molar refractivity (Wildman–Crippen MR) is 79.5 cm³/mol. The lowest BCUT2D eigenvalue weighted by Crippen LogP contribution is -2.15. The first-order valence-corrected chi connectivity index (χ1v) is 6.96. The normalized spacial score (nSPS) is 12.6. The minimum atomic E-state index is -0.363. The fourth-order valence-electron chi connectivity index (χ4n) is 2.15. The van der Waals surface area contributed by atoms with Gasteiger partial charge in [-0.2, -0.15) is 0 Å². The fraction of sp³-hybridized carbons (Fsp3) is 0.235. The van der Waals surface area contributed by atoms with E-state index in [0.29, 0.717) is 31.1 Å². The average Bonchev–Trinajstić information content (AvgIpc) is 2.59. The molecule has 5 heteroatoms. The Hall–Kier alpha value is -2.69. The van der Waals surface area contributed by atoms with E-state index in [0.717, 1.165) is 17.1 Å². The SMILES string of the molecule is COC(=O)c1ccc(OCc2ccc3c(c2)OCCO3)cc1. The van der Waals surface area contributed by atoms with Crippen LogP contribution in [0.4, 0.5) is 0 Å². The van der Waals surface area contributed by atoms with Gasteiger partial charge in [-0.25, -0.2) is 4.79 Å². The summed E-state index contributed by atoms with van der Waals surface area (Å²) in [4.78, 5) is 11.4. The number of hydrogen-bond donors (Lipinski definition) is 0. The van der Waals surface area contributed by atoms with Crippen LogP contribution in [0, 0.1) is 0 Å². The van der Waals surface area contributed by atoms with Crippen molar-refractivity contribution < 1.29 is 23.7 Å². The first kappa shape index (κ1) is 14.3. The van der Waals surface area contributed by atoms with Crippen molar-refractivity contribution in [2.75, 3.05) is 20.3 Å². The molecule has 0 aromatic heterocycles. The molecule has 0 aliphatic carbocycles. The number of ether oxygens (including phenoxy) is 4. The number of esters is 1. The molecule has 1 aliphatic heterocycles. The summed E-state index contributed by atoms with van der Waals surface area (Å²) in [6.45, 7) is 1.55. The van der Waals surface area contributed by atoms with E-state index in [1.807, 2.05) is 18.2 Å². The zero-order valence-corrected chi connectivity index (χ0v) is 12.2. The third-order valence-corrected chi connectivity index (χ3v) is 3.29. The fourth-order valence-corrected chi connectivity index (χ4v) is 2.15. The molecule has 2 aromatic carbocycles. The molecule has 0 saturated heterocycles. The van der Waals surface area contributed by atoms with Crippen molar-refractivity contribution in [3.63, 3.8) is 0 Å². The molecule has 22 heavy (non-hydrogen) atoms. The van der Waals surface area contributed by atoms with Crippen molar-refractivity contribution in [2.45, 2.75) is 6.61 Å². The van der Waals surface area contributed by atoms with E-state index in [9.17, 15) is 4.79 Å². The molecule has 1 aliphatic rings. The van der Waals surface area contributed by atoms with Crippen molar-refractivity contribution in [3.05, 3.63) is 53.6 Å². The highest BCUT2D eigenvalue weighted by atomic mass is 16.6. The van der Waals surface area contributed by atoms with Crippen molar-refractivity contribution in [2.24, 2.45) is 0 Å². The molecule has 3 rings (SSSR count). The molecule has 0 radical (unpaired) electrons. The number of hydrogen-bond acceptors (Lipinski definition) is 5. The van der Waals surface area contributed by atoms with Crippen LogP contribution in [0.25, 0.3) is 0 Å². The van der Waals surface area contributed by atoms with Crippen LogP contribution in [0.15, 0.2) is 42.5 Å². The van der Waals surface area contributed by atoms with Gasteiger partial charge in [-0.15, -0.1) is 0 Å². The third-order valence-electron chi connectivity index (χ3n) is 3.29. The molecule has 0 atom stereocenters. The molecule has 2 aromatic rings. The molecule has 0 fully saturated rings. The van der Waals surface area contributed by atoms with Crippen molar-refractivity contribution >= 4 is 5.97 Å². The number of carbonyl (C=O) groups is 1. The second-order valence-corrected chi connectivity index (χ2v) is 4.78. The van der Waals surface area contributed by atoms with Gasteiger partial charge in [-0.05, 0) is 42.0 Å². The van der Waals surface area contributed by atoms with Crippen molar-refractivity contribution in [3.8, 4) is 17.2 Å². The van der Waals surface area contributed by atoms with Crippen LogP contribution in [0.1, 0.15) is 15.9 Å². The number of carbonyl (C=O) groups excluding carboxylic acids is 1. The maximum absolute atomic E-state index is 11.4. The van der Waals surface area contributed by atoms with Gasteiger partial charge < -0.3 is 18.9 Å². The lowest BCUT2D eigenvalue weighted by Gasteiger charge is -2.19. The van der Waals surface area contributed by atoms with Gasteiger partial charge in [0.25, 0.3) is 0 Å². The van der Waals surface area contributed by atoms with Gasteiger partial charge in [-0.1, -0.05) is 6.07 Å². The third kappa shape index (κ3) is 3.14. The van der Waals surface area contributed by atoms with Crippen molar-refractivity contribution in [1.29, 1.82) is 0 Å². The van der Waals surface area contributed by atoms with Gasteiger partial charge in [-0.3, -0.25) is 0 Å². The number of methoxy groups -OCH3 is 1. The predicted octanol–water partition coefficient (Wildman–Crippen LogP) is 2.82. The van der Waals surface area contributed by atoms with Gasteiger partial charge in [0.05, 0.1) is 12.7 Å². The van der Waals surface area contributed by atoms with Crippen LogP contribution < -0.4 is 14.2 Å². The number of rotatable bonds is 4. The lowest BCUT2D eigenvalue weighted by atomic mass is 10.2. The Labute approximate surface area is 128 Å². The Kier molecular flexibility index (Phi) is 4.14. The van der Waals surface area contributed by atoms with E-state index in [-0.39, 0.29) is 5.97 Å². The van der Waals surface area contributed by atoms with Crippen LogP contribution >= 0.6 is 0 Å². The Balaban J connectivity index is 1.63. The van der Waals surface area contributed by atoms with Crippen LogP contribution in [0.2, 0.25) is 0 Å². The molecule has 0 spiro atoms. The highest BCUT2D eigenvalue weighted by molar-refractivity contribution is 5.89. The quantitative estimate of drug-likeness (QED) is 0.813. The molecule has 0 bridgehead atoms. The van der Waals surface area contributed by atoms with Crippen LogP contribution in [0.5, 0.6) is 17.2 Å². The van der Waals surface area contributed by atoms with Gasteiger partial charge in [0.15, 0.2) is 11.5 Å². The molecule has 1 heterocycles. The molecule has 0 N–H and O–H groups in total. The largest absolute Gasteiger partial charge is 0.489 e. The zero-order chi connectivity index (χ0) is 15.4. The number of benzene rings is 2. The van der Waals surface area contributed by atoms with Crippen LogP contribution in [0.3, 0.4) is 0 Å². The summed E-state index contributed by atoms with van der Waals surface area (Å²) in [6.07, 6.45) is 0. The maximum atomic E-state index is 11.4. The monoisotopic (exact) mass is 300 g/mol. The standard InChI is InChI=1S/C17H16O5/c1-19-17(18)13-3-5-14(6-4-13)22-11-12-2-7-15-16(10-12)21-9-8-20-15/h2-7,10H,8-9,11H2,1H3. The van der Waals surface area contributed by atoms with Crippen molar-refractivity contribution in [1.82, 2.24) is 0 Å². The molecule has 0 saturated carbocycles. The summed E-state index contributed by atoms with van der Waals surface area (Å²) in [5.74, 6) is 1.83. The first-order chi connectivity index (χ1) is 10.8. The van der Waals surface area contributed by atoms with Crippen LogP contribution in [-0.2, 0) is 11.3 Å². The highest BCUT2D eigenvalue weighted by Crippen LogP contribution is 2.31. The van der Waals surface area contributed by atoms with E-state index in [1.54, 1.807) is 24.3 Å². The second kappa shape index (κ2) is 6.39. The van der Waals surface area contributed by atoms with E-state index in [2.05, 4.69) is 4.74 Å². The molecule has 5 nitrogen and oxygen atoms in total. The minimum Gasteiger partial charge on any atom is -0.489 e. The summed E-state index contributed by atoms with van der Waals surface area (Å²) in [6, 6.07) is 12.6. The summed E-state index contributed by atoms with van der Waals surface area (Å²) < 4.78 is 21.4. The Bertz CT molecular complexity index is 663. The van der Waals surface area contributed by atoms with E-state index in [4.69, 9.17) is 14.2 Å². The second-order valence-electron chi connectivity index (χ2n) is 4.78. The lowest BCUT2D eigenvalue weighted by molar-refractivity contribution is 0.0600. The van der Waals surface area contributed by atoms with Gasteiger partial charge >= 0.3 is 5.97 Å². The molecular formula is C17H16O5. The van der Waals surface area contributed by atoms with Gasteiger partial charge in [0, 0.05) is 0 Å². The Morgan fingerprint density at radius 3 is 2.50 bits per heavy atom. The smallest absolute Gasteiger partial charge is 0.337 e. The minimum absolute atomic E-state index is 0.363.